The summed E-state index contributed by atoms with van der Waals surface area (Å²) in [4.78, 5) is 29.8. The number of likely N-dealkylation sites (tertiary alicyclic amines) is 1. The third kappa shape index (κ3) is 3.25. The maximum absolute atomic E-state index is 13.9. The predicted octanol–water partition coefficient (Wildman–Crippen LogP) is 2.75. The SMILES string of the molecule is O=C(O)c1cnn(C2CCN(C(=O)c3cc(F)cc4cccnc34)CC2)c1. The third-order valence-corrected chi connectivity index (χ3v) is 4.87. The molecule has 1 aliphatic rings. The van der Waals surface area contributed by atoms with Gasteiger partial charge in [-0.2, -0.15) is 5.10 Å². The number of carbonyl (C=O) groups excluding carboxylic acids is 1. The molecule has 1 aliphatic heterocycles. The number of aromatic nitrogens is 3. The monoisotopic (exact) mass is 368 g/mol. The predicted molar refractivity (Wildman–Crippen MR) is 95.1 cm³/mol. The van der Waals surface area contributed by atoms with Crippen molar-refractivity contribution < 1.29 is 19.1 Å². The van der Waals surface area contributed by atoms with E-state index in [9.17, 15) is 14.0 Å². The average Bonchev–Trinajstić information content (AvgIpc) is 3.17. The Labute approximate surface area is 154 Å². The van der Waals surface area contributed by atoms with E-state index in [1.807, 2.05) is 0 Å². The molecule has 138 valence electrons. The van der Waals surface area contributed by atoms with E-state index in [1.165, 1.54) is 24.5 Å². The number of aromatic carboxylic acids is 1. The van der Waals surface area contributed by atoms with Crippen LogP contribution in [0.3, 0.4) is 0 Å². The van der Waals surface area contributed by atoms with Crippen molar-refractivity contribution in [1.29, 1.82) is 0 Å². The largest absolute Gasteiger partial charge is 0.478 e. The van der Waals surface area contributed by atoms with Crippen molar-refractivity contribution in [2.24, 2.45) is 0 Å². The molecule has 1 amide bonds. The number of carboxylic acids is 1. The summed E-state index contributed by atoms with van der Waals surface area (Å²) in [6.07, 6.45) is 5.71. The van der Waals surface area contributed by atoms with E-state index in [-0.39, 0.29) is 23.1 Å². The first kappa shape index (κ1) is 17.1. The fourth-order valence-electron chi connectivity index (χ4n) is 3.47. The number of pyridine rings is 1. The van der Waals surface area contributed by atoms with Crippen LogP contribution in [0, 0.1) is 5.82 Å². The maximum atomic E-state index is 13.9. The standard InChI is InChI=1S/C19H17FN4O3/c20-14-8-12-2-1-5-21-17(12)16(9-14)18(25)23-6-3-15(4-7-23)24-11-13(10-22-24)19(26)27/h1-2,5,8-11,15H,3-4,6-7H2,(H,26,27). The zero-order valence-corrected chi connectivity index (χ0v) is 14.4. The van der Waals surface area contributed by atoms with Crippen LogP contribution in [-0.4, -0.2) is 49.7 Å². The molecular weight excluding hydrogens is 351 g/mol. The Morgan fingerprint density at radius 1 is 1.22 bits per heavy atom. The van der Waals surface area contributed by atoms with Gasteiger partial charge in [0, 0.05) is 30.9 Å². The van der Waals surface area contributed by atoms with E-state index in [0.29, 0.717) is 36.8 Å². The summed E-state index contributed by atoms with van der Waals surface area (Å²) in [7, 11) is 0. The van der Waals surface area contributed by atoms with E-state index >= 15 is 0 Å². The number of benzene rings is 1. The minimum absolute atomic E-state index is 0.0320. The lowest BCUT2D eigenvalue weighted by Crippen LogP contribution is -2.39. The van der Waals surface area contributed by atoms with Gasteiger partial charge in [-0.15, -0.1) is 0 Å². The van der Waals surface area contributed by atoms with Gasteiger partial charge in [0.2, 0.25) is 0 Å². The van der Waals surface area contributed by atoms with Crippen LogP contribution in [0.15, 0.2) is 42.9 Å². The Morgan fingerprint density at radius 2 is 2.00 bits per heavy atom. The van der Waals surface area contributed by atoms with E-state index in [0.717, 1.165) is 0 Å². The molecule has 0 bridgehead atoms. The number of amides is 1. The van der Waals surface area contributed by atoms with Crippen LogP contribution in [0.25, 0.3) is 10.9 Å². The fourth-order valence-corrected chi connectivity index (χ4v) is 3.47. The molecule has 2 aromatic heterocycles. The zero-order chi connectivity index (χ0) is 19.0. The number of hydrogen-bond donors (Lipinski definition) is 1. The number of rotatable bonds is 3. The Kier molecular flexibility index (Phi) is 4.31. The molecule has 7 nitrogen and oxygen atoms in total. The molecule has 0 aliphatic carbocycles. The highest BCUT2D eigenvalue weighted by Gasteiger charge is 2.27. The first-order valence-electron chi connectivity index (χ1n) is 8.64. The second-order valence-corrected chi connectivity index (χ2v) is 6.57. The summed E-state index contributed by atoms with van der Waals surface area (Å²) >= 11 is 0. The summed E-state index contributed by atoms with van der Waals surface area (Å²) in [6, 6.07) is 6.06. The van der Waals surface area contributed by atoms with Crippen LogP contribution in [-0.2, 0) is 0 Å². The minimum atomic E-state index is -1.01. The van der Waals surface area contributed by atoms with Crippen LogP contribution >= 0.6 is 0 Å². The highest BCUT2D eigenvalue weighted by molar-refractivity contribution is 6.05. The third-order valence-electron chi connectivity index (χ3n) is 4.87. The molecule has 1 N–H and O–H groups in total. The molecule has 0 saturated carbocycles. The summed E-state index contributed by atoms with van der Waals surface area (Å²) in [5, 5.41) is 13.7. The summed E-state index contributed by atoms with van der Waals surface area (Å²) in [5.74, 6) is -1.73. The molecule has 8 heteroatoms. The van der Waals surface area contributed by atoms with Crippen LogP contribution < -0.4 is 0 Å². The number of nitrogens with zero attached hydrogens (tertiary/aromatic N) is 4. The van der Waals surface area contributed by atoms with Crippen molar-refractivity contribution in [3.8, 4) is 0 Å². The van der Waals surface area contributed by atoms with Gasteiger partial charge in [0.15, 0.2) is 0 Å². The Hall–Kier alpha value is -3.29. The molecule has 1 aromatic carbocycles. The molecule has 1 fully saturated rings. The van der Waals surface area contributed by atoms with Gasteiger partial charge in [-0.3, -0.25) is 14.5 Å². The average molecular weight is 368 g/mol. The lowest BCUT2D eigenvalue weighted by molar-refractivity contribution is 0.0689. The van der Waals surface area contributed by atoms with Gasteiger partial charge >= 0.3 is 5.97 Å². The molecule has 1 saturated heterocycles. The first-order chi connectivity index (χ1) is 13.0. The first-order valence-corrected chi connectivity index (χ1v) is 8.64. The van der Waals surface area contributed by atoms with Gasteiger partial charge in [-0.05, 0) is 31.0 Å². The lowest BCUT2D eigenvalue weighted by Gasteiger charge is -2.32. The maximum Gasteiger partial charge on any atom is 0.338 e. The molecule has 0 atom stereocenters. The van der Waals surface area contributed by atoms with Crippen LogP contribution in [0.4, 0.5) is 4.39 Å². The van der Waals surface area contributed by atoms with Gasteiger partial charge in [-0.1, -0.05) is 6.07 Å². The normalized spacial score (nSPS) is 15.2. The van der Waals surface area contributed by atoms with Crippen molar-refractivity contribution >= 4 is 22.8 Å². The molecule has 0 unspecified atom stereocenters. The second kappa shape index (κ2) is 6.79. The number of hydrogen-bond acceptors (Lipinski definition) is 4. The zero-order valence-electron chi connectivity index (χ0n) is 14.4. The van der Waals surface area contributed by atoms with Gasteiger partial charge in [0.05, 0.1) is 28.9 Å². The quantitative estimate of drug-likeness (QED) is 0.768. The Bertz CT molecular complexity index is 1020. The number of halogens is 1. The molecule has 0 spiro atoms. The van der Waals surface area contributed by atoms with Crippen molar-refractivity contribution in [3.63, 3.8) is 0 Å². The molecule has 4 rings (SSSR count). The van der Waals surface area contributed by atoms with Crippen molar-refractivity contribution in [2.45, 2.75) is 18.9 Å². The highest BCUT2D eigenvalue weighted by Crippen LogP contribution is 2.25. The summed E-state index contributed by atoms with van der Waals surface area (Å²) in [5.41, 5.74) is 0.895. The molecule has 3 heterocycles. The van der Waals surface area contributed by atoms with Crippen molar-refractivity contribution in [2.75, 3.05) is 13.1 Å². The fraction of sp³-hybridized carbons (Fsp3) is 0.263. The number of carbonyl (C=O) groups is 2. The Balaban J connectivity index is 1.51. The number of carboxylic acid groups (broad SMARTS) is 1. The molecule has 3 aromatic rings. The van der Waals surface area contributed by atoms with Crippen LogP contribution in [0.1, 0.15) is 39.6 Å². The van der Waals surface area contributed by atoms with Gasteiger partial charge < -0.3 is 10.0 Å². The topological polar surface area (TPSA) is 88.3 Å². The lowest BCUT2D eigenvalue weighted by atomic mass is 10.0. The number of fused-ring (bicyclic) bond motifs is 1. The van der Waals surface area contributed by atoms with Crippen LogP contribution in [0.2, 0.25) is 0 Å². The summed E-state index contributed by atoms with van der Waals surface area (Å²) < 4.78 is 15.6. The smallest absolute Gasteiger partial charge is 0.338 e. The Morgan fingerprint density at radius 3 is 2.70 bits per heavy atom. The summed E-state index contributed by atoms with van der Waals surface area (Å²) in [6.45, 7) is 0.965. The second-order valence-electron chi connectivity index (χ2n) is 6.57. The van der Waals surface area contributed by atoms with Crippen LogP contribution in [0.5, 0.6) is 0 Å². The highest BCUT2D eigenvalue weighted by atomic mass is 19.1. The van der Waals surface area contributed by atoms with E-state index in [2.05, 4.69) is 10.1 Å². The van der Waals surface area contributed by atoms with E-state index < -0.39 is 11.8 Å². The van der Waals surface area contributed by atoms with Crippen molar-refractivity contribution in [1.82, 2.24) is 19.7 Å². The van der Waals surface area contributed by atoms with E-state index in [4.69, 9.17) is 5.11 Å². The van der Waals surface area contributed by atoms with Crippen molar-refractivity contribution in [3.05, 3.63) is 59.8 Å². The molecule has 27 heavy (non-hydrogen) atoms. The molecule has 0 radical (unpaired) electrons. The minimum Gasteiger partial charge on any atom is -0.478 e. The molecular formula is C19H17FN4O3. The van der Waals surface area contributed by atoms with Gasteiger partial charge in [0.25, 0.3) is 5.91 Å². The van der Waals surface area contributed by atoms with Gasteiger partial charge in [-0.25, -0.2) is 9.18 Å². The van der Waals surface area contributed by atoms with E-state index in [1.54, 1.807) is 27.9 Å². The number of piperidine rings is 1. The van der Waals surface area contributed by atoms with Gasteiger partial charge in [0.1, 0.15) is 5.82 Å².